The van der Waals surface area contributed by atoms with Gasteiger partial charge in [0.1, 0.15) is 12.8 Å². The van der Waals surface area contributed by atoms with Gasteiger partial charge < -0.3 is 4.74 Å². The van der Waals surface area contributed by atoms with Gasteiger partial charge in [0.25, 0.3) is 5.56 Å². The standard InChI is InChI=1S/C10H13N2O5P/c1-6-4-12(10(14)11-9(6)13)8-3-2-7(17-8)5-16-18-15/h4,7-8,18H,2-3,5H2,1H3/p+1. The molecule has 1 fully saturated rings. The Bertz CT molecular complexity index is 552. The number of aryl methyl sites for hydroxylation is 1. The predicted molar refractivity (Wildman–Crippen MR) is 64.2 cm³/mol. The number of nitrogens with one attached hydrogen (secondary N) is 1. The molecule has 1 aromatic rings. The maximum absolute atomic E-state index is 11.6. The zero-order valence-corrected chi connectivity index (χ0v) is 10.8. The van der Waals surface area contributed by atoms with E-state index in [1.807, 2.05) is 0 Å². The molecule has 2 heterocycles. The van der Waals surface area contributed by atoms with Crippen molar-refractivity contribution in [3.63, 3.8) is 0 Å². The van der Waals surface area contributed by atoms with Crippen molar-refractivity contribution in [3.8, 4) is 0 Å². The van der Waals surface area contributed by atoms with E-state index in [0.717, 1.165) is 6.42 Å². The van der Waals surface area contributed by atoms with Crippen molar-refractivity contribution in [1.82, 2.24) is 9.55 Å². The highest BCUT2D eigenvalue weighted by Crippen LogP contribution is 2.27. The first-order chi connectivity index (χ1) is 8.61. The number of H-pyrrole nitrogens is 1. The van der Waals surface area contributed by atoms with Crippen LogP contribution in [-0.2, 0) is 13.8 Å². The highest BCUT2D eigenvalue weighted by molar-refractivity contribution is 7.17. The van der Waals surface area contributed by atoms with Crippen molar-refractivity contribution < 1.29 is 13.8 Å². The SMILES string of the molecule is Cc1cn(C2CCC(CO[PH+]=O)O2)c(=O)[nH]c1=O. The fraction of sp³-hybridized carbons (Fsp3) is 0.600. The minimum atomic E-state index is -0.809. The smallest absolute Gasteiger partial charge is 0.352 e. The quantitative estimate of drug-likeness (QED) is 0.806. The zero-order valence-electron chi connectivity index (χ0n) is 9.84. The van der Waals surface area contributed by atoms with Crippen LogP contribution >= 0.6 is 8.69 Å². The Balaban J connectivity index is 2.14. The van der Waals surface area contributed by atoms with E-state index in [0.29, 0.717) is 12.0 Å². The van der Waals surface area contributed by atoms with Crippen LogP contribution in [0.5, 0.6) is 0 Å². The van der Waals surface area contributed by atoms with Crippen LogP contribution in [0.3, 0.4) is 0 Å². The lowest BCUT2D eigenvalue weighted by Crippen LogP contribution is -2.33. The van der Waals surface area contributed by atoms with Crippen LogP contribution in [0.4, 0.5) is 0 Å². The van der Waals surface area contributed by atoms with Crippen molar-refractivity contribution in [3.05, 3.63) is 32.6 Å². The lowest BCUT2D eigenvalue weighted by molar-refractivity contribution is -0.0182. The number of hydrogen-bond donors (Lipinski definition) is 1. The molecule has 0 aliphatic carbocycles. The summed E-state index contributed by atoms with van der Waals surface area (Å²) in [6.07, 6.45) is 2.29. The van der Waals surface area contributed by atoms with E-state index in [-0.39, 0.29) is 18.3 Å². The maximum Gasteiger partial charge on any atom is 0.494 e. The minimum Gasteiger partial charge on any atom is -0.352 e. The van der Waals surface area contributed by atoms with Crippen molar-refractivity contribution >= 4 is 8.69 Å². The number of hydrogen-bond acceptors (Lipinski definition) is 5. The molecule has 1 N–H and O–H groups in total. The van der Waals surface area contributed by atoms with E-state index in [4.69, 9.17) is 9.26 Å². The minimum absolute atomic E-state index is 0.171. The third-order valence-electron chi connectivity index (χ3n) is 2.87. The van der Waals surface area contributed by atoms with Crippen LogP contribution < -0.4 is 11.2 Å². The molecule has 1 saturated heterocycles. The molecule has 0 saturated carbocycles. The molecule has 7 nitrogen and oxygen atoms in total. The van der Waals surface area contributed by atoms with Crippen molar-refractivity contribution in [2.45, 2.75) is 32.1 Å². The molecule has 3 unspecified atom stereocenters. The fourth-order valence-corrected chi connectivity index (χ4v) is 2.19. The highest BCUT2D eigenvalue weighted by atomic mass is 31.1. The Morgan fingerprint density at radius 3 is 3.06 bits per heavy atom. The van der Waals surface area contributed by atoms with Gasteiger partial charge in [-0.05, 0) is 24.3 Å². The monoisotopic (exact) mass is 273 g/mol. The molecule has 98 valence electrons. The first kappa shape index (κ1) is 13.1. The molecule has 0 spiro atoms. The number of rotatable bonds is 4. The topological polar surface area (TPSA) is 90.4 Å². The molecular formula is C10H14N2O5P+. The van der Waals surface area contributed by atoms with E-state index < -0.39 is 20.6 Å². The lowest BCUT2D eigenvalue weighted by Gasteiger charge is -2.14. The molecule has 0 bridgehead atoms. The van der Waals surface area contributed by atoms with Crippen LogP contribution in [0.25, 0.3) is 0 Å². The van der Waals surface area contributed by atoms with Gasteiger partial charge in [0, 0.05) is 11.8 Å². The summed E-state index contributed by atoms with van der Waals surface area (Å²) >= 11 is 0. The Morgan fingerprint density at radius 1 is 1.56 bits per heavy atom. The summed E-state index contributed by atoms with van der Waals surface area (Å²) in [5.74, 6) is 0. The van der Waals surface area contributed by atoms with Gasteiger partial charge in [-0.1, -0.05) is 0 Å². The third kappa shape index (κ3) is 2.75. The molecule has 1 aromatic heterocycles. The summed E-state index contributed by atoms with van der Waals surface area (Å²) in [5, 5.41) is 0. The summed E-state index contributed by atoms with van der Waals surface area (Å²) in [6.45, 7) is 1.87. The largest absolute Gasteiger partial charge is 0.494 e. The van der Waals surface area contributed by atoms with Gasteiger partial charge in [-0.3, -0.25) is 14.3 Å². The lowest BCUT2D eigenvalue weighted by atomic mass is 10.2. The normalized spacial score (nSPS) is 23.6. The first-order valence-electron chi connectivity index (χ1n) is 5.58. The van der Waals surface area contributed by atoms with Crippen LogP contribution in [0.2, 0.25) is 0 Å². The van der Waals surface area contributed by atoms with E-state index in [2.05, 4.69) is 4.98 Å². The summed E-state index contributed by atoms with van der Waals surface area (Å²) in [5.41, 5.74) is -0.413. The maximum atomic E-state index is 11.6. The van der Waals surface area contributed by atoms with Gasteiger partial charge in [0.05, 0.1) is 6.10 Å². The summed E-state index contributed by atoms with van der Waals surface area (Å²) in [6, 6.07) is 0. The number of aromatic amines is 1. The summed E-state index contributed by atoms with van der Waals surface area (Å²) in [4.78, 5) is 25.1. The Kier molecular flexibility index (Phi) is 4.06. The van der Waals surface area contributed by atoms with Gasteiger partial charge in [0.2, 0.25) is 0 Å². The van der Waals surface area contributed by atoms with E-state index in [1.54, 1.807) is 6.92 Å². The molecule has 0 aromatic carbocycles. The van der Waals surface area contributed by atoms with Crippen molar-refractivity contribution in [2.24, 2.45) is 0 Å². The van der Waals surface area contributed by atoms with Gasteiger partial charge in [0.15, 0.2) is 0 Å². The molecular weight excluding hydrogens is 259 g/mol. The van der Waals surface area contributed by atoms with Gasteiger partial charge in [-0.15, -0.1) is 4.52 Å². The number of aromatic nitrogens is 2. The van der Waals surface area contributed by atoms with E-state index in [9.17, 15) is 14.2 Å². The van der Waals surface area contributed by atoms with E-state index in [1.165, 1.54) is 10.8 Å². The van der Waals surface area contributed by atoms with Gasteiger partial charge >= 0.3 is 14.4 Å². The van der Waals surface area contributed by atoms with Crippen LogP contribution in [0.15, 0.2) is 15.8 Å². The average molecular weight is 273 g/mol. The molecule has 0 radical (unpaired) electrons. The van der Waals surface area contributed by atoms with Crippen molar-refractivity contribution in [1.29, 1.82) is 0 Å². The highest BCUT2D eigenvalue weighted by Gasteiger charge is 2.28. The van der Waals surface area contributed by atoms with Gasteiger partial charge in [-0.25, -0.2) is 4.79 Å². The molecule has 1 aliphatic rings. The van der Waals surface area contributed by atoms with Crippen LogP contribution in [0, 0.1) is 6.92 Å². The molecule has 3 atom stereocenters. The van der Waals surface area contributed by atoms with Gasteiger partial charge in [-0.2, -0.15) is 0 Å². The third-order valence-corrected chi connectivity index (χ3v) is 3.15. The number of nitrogens with zero attached hydrogens (tertiary/aromatic N) is 1. The van der Waals surface area contributed by atoms with Crippen LogP contribution in [-0.4, -0.2) is 22.3 Å². The molecule has 8 heteroatoms. The van der Waals surface area contributed by atoms with E-state index >= 15 is 0 Å². The molecule has 0 amide bonds. The first-order valence-corrected chi connectivity index (χ1v) is 6.40. The zero-order chi connectivity index (χ0) is 13.1. The second-order valence-electron chi connectivity index (χ2n) is 4.16. The predicted octanol–water partition coefficient (Wildman–Crippen LogP) is 0.478. The van der Waals surface area contributed by atoms with Crippen molar-refractivity contribution in [2.75, 3.05) is 6.61 Å². The average Bonchev–Trinajstić information content (AvgIpc) is 2.79. The number of ether oxygens (including phenoxy) is 1. The summed E-state index contributed by atoms with van der Waals surface area (Å²) in [7, 11) is -0.809. The Morgan fingerprint density at radius 2 is 2.33 bits per heavy atom. The summed E-state index contributed by atoms with van der Waals surface area (Å²) < 4.78 is 22.0. The second kappa shape index (κ2) is 5.56. The molecule has 1 aliphatic heterocycles. The molecule has 2 rings (SSSR count). The fourth-order valence-electron chi connectivity index (χ4n) is 1.94. The molecule has 18 heavy (non-hydrogen) atoms. The second-order valence-corrected chi connectivity index (χ2v) is 4.62. The Labute approximate surface area is 104 Å². The van der Waals surface area contributed by atoms with Crippen LogP contribution in [0.1, 0.15) is 24.6 Å². The Hall–Kier alpha value is -1.30.